The molecule has 0 bridgehead atoms. The van der Waals surface area contributed by atoms with Crippen LogP contribution in [0.3, 0.4) is 0 Å². The van der Waals surface area contributed by atoms with Crippen molar-refractivity contribution in [1.29, 1.82) is 0 Å². The zero-order valence-corrected chi connectivity index (χ0v) is 15.1. The molecule has 0 aliphatic carbocycles. The number of benzene rings is 3. The molecule has 0 aliphatic rings. The summed E-state index contributed by atoms with van der Waals surface area (Å²) >= 11 is 0. The van der Waals surface area contributed by atoms with Crippen LogP contribution in [-0.4, -0.2) is 12.2 Å². The molecule has 0 radical (unpaired) electrons. The predicted octanol–water partition coefficient (Wildman–Crippen LogP) is 4.73. The van der Waals surface area contributed by atoms with E-state index in [0.29, 0.717) is 6.61 Å². The van der Waals surface area contributed by atoms with Gasteiger partial charge in [0.05, 0.1) is 6.21 Å². The lowest BCUT2D eigenvalue weighted by molar-refractivity contribution is 0.252. The third-order valence-corrected chi connectivity index (χ3v) is 3.88. The van der Waals surface area contributed by atoms with Gasteiger partial charge in [-0.1, -0.05) is 60.7 Å². The SMILES string of the molecule is Cc1ccccc1NC(=O)N/N=C\c1cccc(OCc2ccccc2)c1. The number of nitrogens with zero attached hydrogens (tertiary/aromatic N) is 1. The number of para-hydroxylation sites is 1. The zero-order valence-electron chi connectivity index (χ0n) is 15.1. The molecule has 2 N–H and O–H groups in total. The number of amides is 2. The predicted molar refractivity (Wildman–Crippen MR) is 108 cm³/mol. The molecule has 136 valence electrons. The van der Waals surface area contributed by atoms with Crippen LogP contribution in [0, 0.1) is 6.92 Å². The summed E-state index contributed by atoms with van der Waals surface area (Å²) in [7, 11) is 0. The second-order valence-electron chi connectivity index (χ2n) is 5.99. The summed E-state index contributed by atoms with van der Waals surface area (Å²) in [6.07, 6.45) is 1.58. The summed E-state index contributed by atoms with van der Waals surface area (Å²) in [5.41, 5.74) is 6.13. The standard InChI is InChI=1S/C22H21N3O2/c1-17-8-5-6-13-21(17)24-22(26)25-23-15-19-11-7-12-20(14-19)27-16-18-9-3-2-4-10-18/h2-15H,16H2,1H3,(H2,24,25,26)/b23-15-. The Labute approximate surface area is 158 Å². The normalized spacial score (nSPS) is 10.6. The van der Waals surface area contributed by atoms with Gasteiger partial charge in [-0.15, -0.1) is 0 Å². The number of hydrazone groups is 1. The quantitative estimate of drug-likeness (QED) is 0.494. The van der Waals surface area contributed by atoms with Crippen LogP contribution in [0.4, 0.5) is 10.5 Å². The number of carbonyl (C=O) groups excluding carboxylic acids is 1. The van der Waals surface area contributed by atoms with E-state index < -0.39 is 6.03 Å². The Hall–Kier alpha value is -3.60. The van der Waals surface area contributed by atoms with E-state index >= 15 is 0 Å². The highest BCUT2D eigenvalue weighted by Crippen LogP contribution is 2.14. The molecule has 0 fully saturated rings. The van der Waals surface area contributed by atoms with Gasteiger partial charge in [-0.3, -0.25) is 0 Å². The number of hydrogen-bond donors (Lipinski definition) is 2. The Balaban J connectivity index is 1.52. The molecule has 0 atom stereocenters. The Kier molecular flexibility index (Phi) is 6.20. The number of rotatable bonds is 6. The fraction of sp³-hybridized carbons (Fsp3) is 0.0909. The molecular weight excluding hydrogens is 338 g/mol. The Morgan fingerprint density at radius 3 is 2.59 bits per heavy atom. The minimum Gasteiger partial charge on any atom is -0.489 e. The number of carbonyl (C=O) groups is 1. The molecule has 0 saturated heterocycles. The Morgan fingerprint density at radius 2 is 1.78 bits per heavy atom. The van der Waals surface area contributed by atoms with Gasteiger partial charge in [-0.05, 0) is 41.8 Å². The van der Waals surface area contributed by atoms with Crippen LogP contribution in [0.5, 0.6) is 5.75 Å². The molecule has 0 spiro atoms. The fourth-order valence-electron chi connectivity index (χ4n) is 2.45. The summed E-state index contributed by atoms with van der Waals surface area (Å²) in [5, 5.41) is 6.74. The van der Waals surface area contributed by atoms with E-state index in [9.17, 15) is 4.79 Å². The lowest BCUT2D eigenvalue weighted by Crippen LogP contribution is -2.24. The molecule has 0 saturated carbocycles. The lowest BCUT2D eigenvalue weighted by Gasteiger charge is -2.07. The average molecular weight is 359 g/mol. The van der Waals surface area contributed by atoms with E-state index in [2.05, 4.69) is 15.8 Å². The first-order chi connectivity index (χ1) is 13.2. The maximum Gasteiger partial charge on any atom is 0.339 e. The van der Waals surface area contributed by atoms with E-state index in [0.717, 1.165) is 28.1 Å². The van der Waals surface area contributed by atoms with Crippen LogP contribution >= 0.6 is 0 Å². The number of anilines is 1. The van der Waals surface area contributed by atoms with Gasteiger partial charge in [0.1, 0.15) is 12.4 Å². The first-order valence-corrected chi connectivity index (χ1v) is 8.63. The fourth-order valence-corrected chi connectivity index (χ4v) is 2.45. The average Bonchev–Trinajstić information content (AvgIpc) is 2.69. The zero-order chi connectivity index (χ0) is 18.9. The molecule has 5 nitrogen and oxygen atoms in total. The van der Waals surface area contributed by atoms with Crippen LogP contribution in [0.25, 0.3) is 0 Å². The van der Waals surface area contributed by atoms with Crippen molar-refractivity contribution in [3.05, 3.63) is 95.6 Å². The summed E-state index contributed by atoms with van der Waals surface area (Å²) in [5.74, 6) is 0.743. The van der Waals surface area contributed by atoms with Gasteiger partial charge in [0.25, 0.3) is 0 Å². The molecule has 0 heterocycles. The van der Waals surface area contributed by atoms with Crippen molar-refractivity contribution < 1.29 is 9.53 Å². The summed E-state index contributed by atoms with van der Waals surface area (Å²) in [4.78, 5) is 11.9. The highest BCUT2D eigenvalue weighted by atomic mass is 16.5. The van der Waals surface area contributed by atoms with Gasteiger partial charge in [-0.25, -0.2) is 10.2 Å². The van der Waals surface area contributed by atoms with E-state index in [1.54, 1.807) is 6.21 Å². The number of aryl methyl sites for hydroxylation is 1. The monoisotopic (exact) mass is 359 g/mol. The maximum absolute atomic E-state index is 11.9. The van der Waals surface area contributed by atoms with Crippen LogP contribution in [0.15, 0.2) is 84.0 Å². The Morgan fingerprint density at radius 1 is 1.00 bits per heavy atom. The van der Waals surface area contributed by atoms with E-state index in [1.165, 1.54) is 0 Å². The molecule has 3 rings (SSSR count). The van der Waals surface area contributed by atoms with Crippen molar-refractivity contribution in [2.75, 3.05) is 5.32 Å². The van der Waals surface area contributed by atoms with E-state index in [4.69, 9.17) is 4.74 Å². The molecule has 27 heavy (non-hydrogen) atoms. The van der Waals surface area contributed by atoms with Gasteiger partial charge in [0.2, 0.25) is 0 Å². The van der Waals surface area contributed by atoms with Crippen LogP contribution in [-0.2, 0) is 6.61 Å². The smallest absolute Gasteiger partial charge is 0.339 e. The third kappa shape index (κ3) is 5.71. The van der Waals surface area contributed by atoms with Gasteiger partial charge < -0.3 is 10.1 Å². The van der Waals surface area contributed by atoms with E-state index in [-0.39, 0.29) is 0 Å². The van der Waals surface area contributed by atoms with Crippen LogP contribution in [0.2, 0.25) is 0 Å². The van der Waals surface area contributed by atoms with Gasteiger partial charge >= 0.3 is 6.03 Å². The topological polar surface area (TPSA) is 62.7 Å². The first-order valence-electron chi connectivity index (χ1n) is 8.63. The second kappa shape index (κ2) is 9.20. The number of hydrogen-bond acceptors (Lipinski definition) is 3. The van der Waals surface area contributed by atoms with Crippen molar-refractivity contribution in [3.8, 4) is 5.75 Å². The highest BCUT2D eigenvalue weighted by Gasteiger charge is 2.02. The van der Waals surface area contributed by atoms with Crippen molar-refractivity contribution >= 4 is 17.9 Å². The van der Waals surface area contributed by atoms with Gasteiger partial charge in [-0.2, -0.15) is 5.10 Å². The number of urea groups is 1. The maximum atomic E-state index is 11.9. The summed E-state index contributed by atoms with van der Waals surface area (Å²) in [6, 6.07) is 24.7. The van der Waals surface area contributed by atoms with E-state index in [1.807, 2.05) is 85.8 Å². The molecule has 5 heteroatoms. The van der Waals surface area contributed by atoms with Gasteiger partial charge in [0.15, 0.2) is 0 Å². The molecule has 3 aromatic carbocycles. The molecular formula is C22H21N3O2. The number of nitrogens with one attached hydrogen (secondary N) is 2. The minimum absolute atomic E-state index is 0.392. The Bertz CT molecular complexity index is 924. The largest absolute Gasteiger partial charge is 0.489 e. The second-order valence-corrected chi connectivity index (χ2v) is 5.99. The van der Waals surface area contributed by atoms with Crippen LogP contribution < -0.4 is 15.5 Å². The van der Waals surface area contributed by atoms with Crippen molar-refractivity contribution in [2.45, 2.75) is 13.5 Å². The summed E-state index contributed by atoms with van der Waals surface area (Å²) in [6.45, 7) is 2.43. The van der Waals surface area contributed by atoms with Crippen molar-refractivity contribution in [2.24, 2.45) is 5.10 Å². The van der Waals surface area contributed by atoms with Crippen molar-refractivity contribution in [1.82, 2.24) is 5.43 Å². The van der Waals surface area contributed by atoms with Crippen LogP contribution in [0.1, 0.15) is 16.7 Å². The molecule has 3 aromatic rings. The number of ether oxygens (including phenoxy) is 1. The summed E-state index contributed by atoms with van der Waals surface area (Å²) < 4.78 is 5.79. The third-order valence-electron chi connectivity index (χ3n) is 3.88. The molecule has 2 amide bonds. The minimum atomic E-state index is -0.392. The van der Waals surface area contributed by atoms with Crippen molar-refractivity contribution in [3.63, 3.8) is 0 Å². The molecule has 0 unspecified atom stereocenters. The lowest BCUT2D eigenvalue weighted by atomic mass is 10.2. The molecule has 0 aliphatic heterocycles. The first kappa shape index (κ1) is 18.2. The highest BCUT2D eigenvalue weighted by molar-refractivity contribution is 5.91. The molecule has 0 aromatic heterocycles. The van der Waals surface area contributed by atoms with Gasteiger partial charge in [0, 0.05) is 5.69 Å².